The lowest BCUT2D eigenvalue weighted by Gasteiger charge is -2.10. The second-order valence-electron chi connectivity index (χ2n) is 4.52. The van der Waals surface area contributed by atoms with Gasteiger partial charge in [-0.05, 0) is 36.8 Å². The zero-order valence-electron chi connectivity index (χ0n) is 11.6. The Kier molecular flexibility index (Phi) is 4.50. The molecule has 0 spiro atoms. The molecule has 0 bridgehead atoms. The number of primary amides is 1. The van der Waals surface area contributed by atoms with Crippen LogP contribution in [0, 0.1) is 6.92 Å². The third kappa shape index (κ3) is 4.04. The van der Waals surface area contributed by atoms with Gasteiger partial charge in [-0.3, -0.25) is 9.78 Å². The first kappa shape index (κ1) is 14.5. The fourth-order valence-electron chi connectivity index (χ4n) is 1.75. The van der Waals surface area contributed by atoms with Crippen LogP contribution in [0.25, 0.3) is 0 Å². The average Bonchev–Trinajstić information content (AvgIpc) is 2.48. The molecule has 0 fully saturated rings. The smallest absolute Gasteiger partial charge is 0.319 e. The first-order valence-corrected chi connectivity index (χ1v) is 6.41. The number of benzene rings is 1. The van der Waals surface area contributed by atoms with E-state index in [1.165, 1.54) is 0 Å². The van der Waals surface area contributed by atoms with Crippen LogP contribution in [0.5, 0.6) is 0 Å². The minimum absolute atomic E-state index is 0.321. The Hall–Kier alpha value is -2.89. The van der Waals surface area contributed by atoms with Crippen molar-refractivity contribution in [3.63, 3.8) is 0 Å². The molecule has 1 aromatic carbocycles. The molecule has 6 heteroatoms. The van der Waals surface area contributed by atoms with Crippen molar-refractivity contribution >= 4 is 17.6 Å². The van der Waals surface area contributed by atoms with Crippen molar-refractivity contribution in [3.05, 3.63) is 59.4 Å². The number of nitrogens with one attached hydrogen (secondary N) is 2. The fourth-order valence-corrected chi connectivity index (χ4v) is 1.75. The van der Waals surface area contributed by atoms with Crippen LogP contribution in [-0.4, -0.2) is 16.9 Å². The van der Waals surface area contributed by atoms with Crippen LogP contribution in [0.1, 0.15) is 21.6 Å². The van der Waals surface area contributed by atoms with Crippen LogP contribution in [0.15, 0.2) is 42.6 Å². The van der Waals surface area contributed by atoms with E-state index >= 15 is 0 Å². The summed E-state index contributed by atoms with van der Waals surface area (Å²) in [5.74, 6) is -0.535. The Morgan fingerprint density at radius 1 is 1.24 bits per heavy atom. The minimum Gasteiger partial charge on any atom is -0.366 e. The third-order valence-corrected chi connectivity index (χ3v) is 2.93. The van der Waals surface area contributed by atoms with Gasteiger partial charge in [0.25, 0.3) is 0 Å². The summed E-state index contributed by atoms with van der Waals surface area (Å²) in [6.07, 6.45) is 1.66. The largest absolute Gasteiger partial charge is 0.366 e. The van der Waals surface area contributed by atoms with Crippen LogP contribution < -0.4 is 16.4 Å². The number of carbonyl (C=O) groups excluding carboxylic acids is 2. The zero-order valence-corrected chi connectivity index (χ0v) is 11.6. The van der Waals surface area contributed by atoms with Crippen molar-refractivity contribution < 1.29 is 9.59 Å². The Bertz CT molecular complexity index is 656. The number of pyridine rings is 1. The number of amides is 3. The van der Waals surface area contributed by atoms with Crippen LogP contribution in [0.4, 0.5) is 10.5 Å². The molecule has 0 aliphatic carbocycles. The summed E-state index contributed by atoms with van der Waals surface area (Å²) >= 11 is 0. The molecule has 0 unspecified atom stereocenters. The molecule has 2 rings (SSSR count). The lowest BCUT2D eigenvalue weighted by Crippen LogP contribution is -2.29. The summed E-state index contributed by atoms with van der Waals surface area (Å²) < 4.78 is 0. The maximum atomic E-state index is 11.9. The number of hydrogen-bond acceptors (Lipinski definition) is 3. The maximum Gasteiger partial charge on any atom is 0.319 e. The van der Waals surface area contributed by atoms with E-state index in [0.717, 1.165) is 11.3 Å². The Morgan fingerprint density at radius 2 is 2.05 bits per heavy atom. The first-order chi connectivity index (χ1) is 10.1. The molecule has 1 heterocycles. The highest BCUT2D eigenvalue weighted by molar-refractivity contribution is 5.96. The summed E-state index contributed by atoms with van der Waals surface area (Å²) in [6.45, 7) is 2.15. The number of rotatable bonds is 4. The number of aryl methyl sites for hydroxylation is 1. The topological polar surface area (TPSA) is 97.1 Å². The quantitative estimate of drug-likeness (QED) is 0.798. The summed E-state index contributed by atoms with van der Waals surface area (Å²) in [5.41, 5.74) is 7.72. The van der Waals surface area contributed by atoms with Gasteiger partial charge in [-0.2, -0.15) is 0 Å². The lowest BCUT2D eigenvalue weighted by molar-refractivity contribution is 0.100. The molecule has 0 aliphatic heterocycles. The Morgan fingerprint density at radius 3 is 2.71 bits per heavy atom. The van der Waals surface area contributed by atoms with Gasteiger partial charge < -0.3 is 16.4 Å². The van der Waals surface area contributed by atoms with Gasteiger partial charge in [0.05, 0.1) is 12.2 Å². The monoisotopic (exact) mass is 284 g/mol. The molecule has 2 aromatic rings. The van der Waals surface area contributed by atoms with Gasteiger partial charge in [-0.25, -0.2) is 4.79 Å². The lowest BCUT2D eigenvalue weighted by atomic mass is 10.1. The number of anilines is 1. The average molecular weight is 284 g/mol. The van der Waals surface area contributed by atoms with Crippen LogP contribution in [-0.2, 0) is 6.54 Å². The van der Waals surface area contributed by atoms with Gasteiger partial charge in [-0.1, -0.05) is 12.1 Å². The van der Waals surface area contributed by atoms with Crippen LogP contribution >= 0.6 is 0 Å². The number of urea groups is 1. The highest BCUT2D eigenvalue weighted by atomic mass is 16.2. The molecule has 0 radical (unpaired) electrons. The summed E-state index contributed by atoms with van der Waals surface area (Å²) in [5, 5.41) is 5.38. The number of nitrogens with zero attached hydrogens (tertiary/aromatic N) is 1. The predicted molar refractivity (Wildman–Crippen MR) is 79.8 cm³/mol. The summed E-state index contributed by atoms with van der Waals surface area (Å²) in [4.78, 5) is 27.1. The molecule has 0 aliphatic rings. The molecule has 4 N–H and O–H groups in total. The van der Waals surface area contributed by atoms with Gasteiger partial charge in [0.1, 0.15) is 0 Å². The molecule has 108 valence electrons. The maximum absolute atomic E-state index is 11.9. The molecule has 0 saturated heterocycles. The van der Waals surface area contributed by atoms with Gasteiger partial charge in [-0.15, -0.1) is 0 Å². The van der Waals surface area contributed by atoms with Crippen LogP contribution in [0.3, 0.4) is 0 Å². The third-order valence-electron chi connectivity index (χ3n) is 2.93. The van der Waals surface area contributed by atoms with E-state index in [1.807, 2.05) is 25.1 Å². The van der Waals surface area contributed by atoms with Crippen molar-refractivity contribution in [1.82, 2.24) is 10.3 Å². The molecule has 0 saturated carbocycles. The molecule has 21 heavy (non-hydrogen) atoms. The highest BCUT2D eigenvalue weighted by Crippen LogP contribution is 2.16. The minimum atomic E-state index is -0.535. The molecular formula is C15H16N4O2. The first-order valence-electron chi connectivity index (χ1n) is 6.41. The van der Waals surface area contributed by atoms with E-state index in [-0.39, 0.29) is 6.03 Å². The van der Waals surface area contributed by atoms with Crippen molar-refractivity contribution in [2.45, 2.75) is 13.5 Å². The van der Waals surface area contributed by atoms with Gasteiger partial charge in [0.2, 0.25) is 5.91 Å². The predicted octanol–water partition coefficient (Wildman–Crippen LogP) is 1.81. The zero-order chi connectivity index (χ0) is 15.2. The summed E-state index contributed by atoms with van der Waals surface area (Å²) in [7, 11) is 0. The standard InChI is InChI=1S/C15H16N4O2/c1-10-5-6-11(14(16)20)8-13(10)19-15(21)18-9-12-4-2-3-7-17-12/h2-8H,9H2,1H3,(H2,16,20)(H2,18,19,21). The van der Waals surface area contributed by atoms with E-state index in [2.05, 4.69) is 15.6 Å². The van der Waals surface area contributed by atoms with Gasteiger partial charge in [0.15, 0.2) is 0 Å². The van der Waals surface area contributed by atoms with E-state index in [4.69, 9.17) is 5.73 Å². The number of aromatic nitrogens is 1. The molecule has 1 aromatic heterocycles. The summed E-state index contributed by atoms with van der Waals surface area (Å²) in [6, 6.07) is 10.0. The van der Waals surface area contributed by atoms with E-state index in [1.54, 1.807) is 24.4 Å². The number of carbonyl (C=O) groups is 2. The normalized spacial score (nSPS) is 9.95. The van der Waals surface area contributed by atoms with Crippen molar-refractivity contribution in [2.75, 3.05) is 5.32 Å². The molecular weight excluding hydrogens is 268 g/mol. The van der Waals surface area contributed by atoms with E-state index < -0.39 is 5.91 Å². The number of nitrogens with two attached hydrogens (primary N) is 1. The SMILES string of the molecule is Cc1ccc(C(N)=O)cc1NC(=O)NCc1ccccn1. The van der Waals surface area contributed by atoms with Crippen LogP contribution in [0.2, 0.25) is 0 Å². The molecule has 3 amide bonds. The molecule has 0 atom stereocenters. The number of hydrogen-bond donors (Lipinski definition) is 3. The van der Waals surface area contributed by atoms with Crippen molar-refractivity contribution in [1.29, 1.82) is 0 Å². The molecule has 6 nitrogen and oxygen atoms in total. The van der Waals surface area contributed by atoms with Gasteiger partial charge in [0, 0.05) is 17.4 Å². The fraction of sp³-hybridized carbons (Fsp3) is 0.133. The second-order valence-corrected chi connectivity index (χ2v) is 4.52. The Labute approximate surface area is 122 Å². The van der Waals surface area contributed by atoms with Crippen molar-refractivity contribution in [2.24, 2.45) is 5.73 Å². The second kappa shape index (κ2) is 6.51. The van der Waals surface area contributed by atoms with Crippen molar-refractivity contribution in [3.8, 4) is 0 Å². The Balaban J connectivity index is 1.99. The van der Waals surface area contributed by atoms with E-state index in [9.17, 15) is 9.59 Å². The highest BCUT2D eigenvalue weighted by Gasteiger charge is 2.08. The van der Waals surface area contributed by atoms with E-state index in [0.29, 0.717) is 17.8 Å². The van der Waals surface area contributed by atoms with Gasteiger partial charge >= 0.3 is 6.03 Å².